The molecule has 1 atom stereocenters. The lowest BCUT2D eigenvalue weighted by Gasteiger charge is -1.99. The summed E-state index contributed by atoms with van der Waals surface area (Å²) in [6, 6.07) is -0.429. The number of amides is 1. The van der Waals surface area contributed by atoms with Crippen molar-refractivity contribution in [3.8, 4) is 0 Å². The Morgan fingerprint density at radius 1 is 1.64 bits per heavy atom. The van der Waals surface area contributed by atoms with Crippen molar-refractivity contribution in [1.82, 2.24) is 5.32 Å². The molecule has 0 spiro atoms. The Hall–Kier alpha value is -1.32. The zero-order valence-corrected chi connectivity index (χ0v) is 6.34. The number of rotatable bonds is 1. The minimum Gasteiger partial charge on any atom is -0.509 e. The van der Waals surface area contributed by atoms with Crippen LogP contribution in [0.5, 0.6) is 0 Å². The van der Waals surface area contributed by atoms with Gasteiger partial charge in [0.1, 0.15) is 11.3 Å². The molecule has 60 valence electrons. The minimum absolute atomic E-state index is 0.113. The number of aliphatic hydroxyl groups excluding tert-OH is 1. The number of hydrogen-bond acceptors (Lipinski definition) is 3. The van der Waals surface area contributed by atoms with Gasteiger partial charge in [-0.3, -0.25) is 9.59 Å². The number of hydrogen-bond donors (Lipinski definition) is 2. The second-order valence-electron chi connectivity index (χ2n) is 2.51. The second kappa shape index (κ2) is 2.38. The number of carbonyl (C=O) groups excluding carboxylic acids is 2. The first-order valence-electron chi connectivity index (χ1n) is 3.29. The molecule has 4 heteroatoms. The fraction of sp³-hybridized carbons (Fsp3) is 0.429. The van der Waals surface area contributed by atoms with Gasteiger partial charge in [-0.05, 0) is 13.8 Å². The molecule has 0 radical (unpaired) electrons. The molecule has 0 aliphatic carbocycles. The van der Waals surface area contributed by atoms with Crippen LogP contribution >= 0.6 is 0 Å². The lowest BCUT2D eigenvalue weighted by molar-refractivity contribution is -0.121. The summed E-state index contributed by atoms with van der Waals surface area (Å²) >= 11 is 0. The molecule has 1 aliphatic rings. The van der Waals surface area contributed by atoms with E-state index in [1.165, 1.54) is 6.92 Å². The van der Waals surface area contributed by atoms with E-state index in [9.17, 15) is 14.7 Å². The van der Waals surface area contributed by atoms with Crippen LogP contribution in [-0.2, 0) is 9.59 Å². The number of Topliss-reactive ketones (excluding diaryl/α,β-unsaturated/α-hetero) is 1. The zero-order chi connectivity index (χ0) is 8.59. The standard InChI is InChI=1S/C7H9NO3/c1-3-6(10)5(4(2)9)7(11)8-3/h3,10H,1-2H3,(H,8,11)/t3-/m0/s1. The molecule has 0 aromatic carbocycles. The monoisotopic (exact) mass is 155 g/mol. The highest BCUT2D eigenvalue weighted by molar-refractivity contribution is 6.20. The van der Waals surface area contributed by atoms with E-state index in [2.05, 4.69) is 5.32 Å². The van der Waals surface area contributed by atoms with E-state index in [1.54, 1.807) is 6.92 Å². The first-order valence-corrected chi connectivity index (χ1v) is 3.29. The normalized spacial score (nSPS) is 23.8. The first kappa shape index (κ1) is 7.78. The van der Waals surface area contributed by atoms with Gasteiger partial charge in [-0.2, -0.15) is 0 Å². The Morgan fingerprint density at radius 3 is 2.36 bits per heavy atom. The third-order valence-electron chi connectivity index (χ3n) is 1.59. The molecular weight excluding hydrogens is 146 g/mol. The molecule has 1 heterocycles. The average molecular weight is 155 g/mol. The smallest absolute Gasteiger partial charge is 0.258 e. The van der Waals surface area contributed by atoms with Crippen LogP contribution in [0.4, 0.5) is 0 Å². The van der Waals surface area contributed by atoms with E-state index in [4.69, 9.17) is 0 Å². The third kappa shape index (κ3) is 1.11. The summed E-state index contributed by atoms with van der Waals surface area (Å²) in [5.74, 6) is -1.03. The Labute approximate surface area is 63.9 Å². The molecule has 2 N–H and O–H groups in total. The summed E-state index contributed by atoms with van der Waals surface area (Å²) in [5, 5.41) is 11.6. The van der Waals surface area contributed by atoms with Crippen molar-refractivity contribution in [2.75, 3.05) is 0 Å². The number of carbonyl (C=O) groups is 2. The summed E-state index contributed by atoms with van der Waals surface area (Å²) in [7, 11) is 0. The van der Waals surface area contributed by atoms with Gasteiger partial charge in [0.15, 0.2) is 5.78 Å². The van der Waals surface area contributed by atoms with Crippen molar-refractivity contribution in [1.29, 1.82) is 0 Å². The van der Waals surface area contributed by atoms with Crippen LogP contribution in [0.3, 0.4) is 0 Å². The van der Waals surface area contributed by atoms with Crippen LogP contribution in [0, 0.1) is 0 Å². The van der Waals surface area contributed by atoms with Crippen molar-refractivity contribution in [3.05, 3.63) is 11.3 Å². The van der Waals surface area contributed by atoms with E-state index in [-0.39, 0.29) is 11.3 Å². The van der Waals surface area contributed by atoms with Crippen molar-refractivity contribution in [3.63, 3.8) is 0 Å². The maximum absolute atomic E-state index is 10.9. The van der Waals surface area contributed by atoms with Gasteiger partial charge in [0, 0.05) is 0 Å². The number of nitrogens with one attached hydrogen (secondary N) is 1. The molecule has 0 bridgehead atoms. The number of aliphatic hydroxyl groups is 1. The highest BCUT2D eigenvalue weighted by Crippen LogP contribution is 2.14. The summed E-state index contributed by atoms with van der Waals surface area (Å²) < 4.78 is 0. The SMILES string of the molecule is CC(=O)C1=C(O)[C@H](C)NC1=O. The fourth-order valence-electron chi connectivity index (χ4n) is 1.01. The largest absolute Gasteiger partial charge is 0.509 e. The van der Waals surface area contributed by atoms with Crippen molar-refractivity contribution in [2.24, 2.45) is 0 Å². The number of ketones is 1. The molecule has 1 amide bonds. The predicted octanol–water partition coefficient (Wildman–Crippen LogP) is -0.0942. The Bertz CT molecular complexity index is 254. The van der Waals surface area contributed by atoms with E-state index in [1.807, 2.05) is 0 Å². The average Bonchev–Trinajstić information content (AvgIpc) is 2.07. The third-order valence-corrected chi connectivity index (χ3v) is 1.59. The fourth-order valence-corrected chi connectivity index (χ4v) is 1.01. The van der Waals surface area contributed by atoms with E-state index in [0.29, 0.717) is 0 Å². The van der Waals surface area contributed by atoms with Gasteiger partial charge in [-0.15, -0.1) is 0 Å². The van der Waals surface area contributed by atoms with Crippen LogP contribution in [0.1, 0.15) is 13.8 Å². The Morgan fingerprint density at radius 2 is 2.18 bits per heavy atom. The molecule has 0 saturated carbocycles. The van der Waals surface area contributed by atoms with Crippen LogP contribution in [0.15, 0.2) is 11.3 Å². The van der Waals surface area contributed by atoms with Gasteiger partial charge in [-0.1, -0.05) is 0 Å². The first-order chi connectivity index (χ1) is 5.04. The second-order valence-corrected chi connectivity index (χ2v) is 2.51. The van der Waals surface area contributed by atoms with Gasteiger partial charge < -0.3 is 10.4 Å². The topological polar surface area (TPSA) is 66.4 Å². The van der Waals surface area contributed by atoms with Gasteiger partial charge in [0.2, 0.25) is 0 Å². The van der Waals surface area contributed by atoms with Gasteiger partial charge >= 0.3 is 0 Å². The summed E-state index contributed by atoms with van der Waals surface area (Å²) in [6.07, 6.45) is 0. The lowest BCUT2D eigenvalue weighted by atomic mass is 10.1. The zero-order valence-electron chi connectivity index (χ0n) is 6.34. The highest BCUT2D eigenvalue weighted by Gasteiger charge is 2.30. The minimum atomic E-state index is -0.484. The van der Waals surface area contributed by atoms with Crippen molar-refractivity contribution >= 4 is 11.7 Å². The van der Waals surface area contributed by atoms with Crippen LogP contribution < -0.4 is 5.32 Å². The van der Waals surface area contributed by atoms with Gasteiger partial charge in [0.25, 0.3) is 5.91 Å². The molecule has 0 aromatic rings. The highest BCUT2D eigenvalue weighted by atomic mass is 16.3. The summed E-state index contributed by atoms with van der Waals surface area (Å²) in [5.41, 5.74) is -0.113. The molecule has 0 aromatic heterocycles. The predicted molar refractivity (Wildman–Crippen MR) is 37.9 cm³/mol. The maximum Gasteiger partial charge on any atom is 0.258 e. The summed E-state index contributed by atoms with van der Waals surface area (Å²) in [4.78, 5) is 21.6. The molecule has 1 rings (SSSR count). The molecule has 11 heavy (non-hydrogen) atoms. The van der Waals surface area contributed by atoms with Crippen LogP contribution in [0.25, 0.3) is 0 Å². The van der Waals surface area contributed by atoms with Crippen LogP contribution in [0.2, 0.25) is 0 Å². The molecule has 0 unspecified atom stereocenters. The quantitative estimate of drug-likeness (QED) is 0.520. The molecule has 4 nitrogen and oxygen atoms in total. The van der Waals surface area contributed by atoms with Gasteiger partial charge in [0.05, 0.1) is 6.04 Å². The summed E-state index contributed by atoms with van der Waals surface area (Å²) in [6.45, 7) is 2.87. The van der Waals surface area contributed by atoms with E-state index in [0.717, 1.165) is 0 Å². The lowest BCUT2D eigenvalue weighted by Crippen LogP contribution is -2.26. The Kier molecular flexibility index (Phi) is 1.68. The van der Waals surface area contributed by atoms with E-state index >= 15 is 0 Å². The van der Waals surface area contributed by atoms with Crippen molar-refractivity contribution in [2.45, 2.75) is 19.9 Å². The van der Waals surface area contributed by atoms with Crippen molar-refractivity contribution < 1.29 is 14.7 Å². The molecule has 1 aliphatic heterocycles. The molecule has 0 saturated heterocycles. The Balaban J connectivity index is 3.07. The maximum atomic E-state index is 10.9. The van der Waals surface area contributed by atoms with Gasteiger partial charge in [-0.25, -0.2) is 0 Å². The molecular formula is C7H9NO3. The molecule has 0 fully saturated rings. The van der Waals surface area contributed by atoms with Crippen LogP contribution in [-0.4, -0.2) is 22.8 Å². The van der Waals surface area contributed by atoms with E-state index < -0.39 is 17.7 Å².